The fraction of sp³-hybridized carbons (Fsp3) is 0.190. The van der Waals surface area contributed by atoms with Crippen LogP contribution in [-0.4, -0.2) is 24.0 Å². The monoisotopic (exact) mass is 395 g/mol. The summed E-state index contributed by atoms with van der Waals surface area (Å²) >= 11 is 5.87. The van der Waals surface area contributed by atoms with Gasteiger partial charge >= 0.3 is 0 Å². The molecule has 0 saturated heterocycles. The van der Waals surface area contributed by atoms with Crippen molar-refractivity contribution in [2.45, 2.75) is 12.8 Å². The molecule has 142 valence electrons. The molecule has 2 aromatic rings. The SMILES string of the molecule is CN(C(=O)c1ccc(NC(=O)/C(C#N)=C(\O)C2CC2)cc1)c1ccc(Cl)cc1. The first-order valence-corrected chi connectivity index (χ1v) is 9.06. The third kappa shape index (κ3) is 4.33. The lowest BCUT2D eigenvalue weighted by Crippen LogP contribution is -2.26. The number of benzene rings is 2. The molecule has 0 unspecified atom stereocenters. The van der Waals surface area contributed by atoms with E-state index < -0.39 is 5.91 Å². The molecule has 28 heavy (non-hydrogen) atoms. The minimum atomic E-state index is -0.663. The highest BCUT2D eigenvalue weighted by atomic mass is 35.5. The molecule has 7 heteroatoms. The van der Waals surface area contributed by atoms with E-state index in [9.17, 15) is 14.7 Å². The maximum absolute atomic E-state index is 12.6. The van der Waals surface area contributed by atoms with Crippen LogP contribution in [0, 0.1) is 17.2 Å². The molecule has 2 aromatic carbocycles. The molecule has 0 heterocycles. The van der Waals surface area contributed by atoms with Crippen molar-refractivity contribution in [2.24, 2.45) is 5.92 Å². The predicted octanol–water partition coefficient (Wildman–Crippen LogP) is 4.30. The number of hydrogen-bond acceptors (Lipinski definition) is 4. The van der Waals surface area contributed by atoms with Crippen LogP contribution in [-0.2, 0) is 4.79 Å². The summed E-state index contributed by atoms with van der Waals surface area (Å²) in [5, 5.41) is 22.2. The Bertz CT molecular complexity index is 971. The first-order chi connectivity index (χ1) is 13.4. The number of anilines is 2. The van der Waals surface area contributed by atoms with Crippen LogP contribution in [0.4, 0.5) is 11.4 Å². The van der Waals surface area contributed by atoms with Gasteiger partial charge in [-0.15, -0.1) is 0 Å². The Morgan fingerprint density at radius 2 is 1.75 bits per heavy atom. The van der Waals surface area contributed by atoms with Crippen molar-refractivity contribution < 1.29 is 14.7 Å². The number of carbonyl (C=O) groups excluding carboxylic acids is 2. The highest BCUT2D eigenvalue weighted by Gasteiger charge is 2.30. The van der Waals surface area contributed by atoms with Gasteiger partial charge in [0.15, 0.2) is 5.57 Å². The second-order valence-corrected chi connectivity index (χ2v) is 6.95. The Kier molecular flexibility index (Phi) is 5.67. The fourth-order valence-electron chi connectivity index (χ4n) is 2.65. The van der Waals surface area contributed by atoms with Crippen LogP contribution >= 0.6 is 11.6 Å². The van der Waals surface area contributed by atoms with Crippen molar-refractivity contribution >= 4 is 34.8 Å². The molecule has 2 amide bonds. The second-order valence-electron chi connectivity index (χ2n) is 6.52. The lowest BCUT2D eigenvalue weighted by atomic mass is 10.1. The van der Waals surface area contributed by atoms with Gasteiger partial charge in [-0.25, -0.2) is 0 Å². The molecule has 1 aliphatic carbocycles. The van der Waals surface area contributed by atoms with Gasteiger partial charge in [0.1, 0.15) is 11.8 Å². The molecule has 1 aliphatic rings. The number of carbonyl (C=O) groups is 2. The number of nitriles is 1. The molecule has 3 rings (SSSR count). The average molecular weight is 396 g/mol. The molecular weight excluding hydrogens is 378 g/mol. The van der Waals surface area contributed by atoms with Gasteiger partial charge in [-0.05, 0) is 61.4 Å². The van der Waals surface area contributed by atoms with Crippen molar-refractivity contribution in [3.63, 3.8) is 0 Å². The molecule has 1 saturated carbocycles. The van der Waals surface area contributed by atoms with E-state index >= 15 is 0 Å². The first-order valence-electron chi connectivity index (χ1n) is 8.69. The molecule has 1 fully saturated rings. The normalized spacial score (nSPS) is 13.9. The van der Waals surface area contributed by atoms with Crippen molar-refractivity contribution in [1.29, 1.82) is 5.26 Å². The number of rotatable bonds is 5. The summed E-state index contributed by atoms with van der Waals surface area (Å²) < 4.78 is 0. The van der Waals surface area contributed by atoms with Crippen LogP contribution < -0.4 is 10.2 Å². The maximum atomic E-state index is 12.6. The summed E-state index contributed by atoms with van der Waals surface area (Å²) in [6.07, 6.45) is 1.56. The van der Waals surface area contributed by atoms with Gasteiger partial charge in [-0.1, -0.05) is 11.6 Å². The summed E-state index contributed by atoms with van der Waals surface area (Å²) in [6.45, 7) is 0. The molecule has 0 atom stereocenters. The van der Waals surface area contributed by atoms with E-state index in [1.54, 1.807) is 61.6 Å². The van der Waals surface area contributed by atoms with Gasteiger partial charge < -0.3 is 15.3 Å². The largest absolute Gasteiger partial charge is 0.510 e. The molecular formula is C21H18ClN3O3. The van der Waals surface area contributed by atoms with E-state index in [0.29, 0.717) is 22.0 Å². The lowest BCUT2D eigenvalue weighted by Gasteiger charge is -2.17. The zero-order chi connectivity index (χ0) is 20.3. The van der Waals surface area contributed by atoms with Crippen LogP contribution in [0.3, 0.4) is 0 Å². The van der Waals surface area contributed by atoms with E-state index in [-0.39, 0.29) is 23.2 Å². The topological polar surface area (TPSA) is 93.4 Å². The van der Waals surface area contributed by atoms with Gasteiger partial charge in [-0.2, -0.15) is 5.26 Å². The Labute approximate surface area is 167 Å². The number of halogens is 1. The zero-order valence-electron chi connectivity index (χ0n) is 15.1. The molecule has 6 nitrogen and oxygen atoms in total. The second kappa shape index (κ2) is 8.15. The Morgan fingerprint density at radius 3 is 2.29 bits per heavy atom. The van der Waals surface area contributed by atoms with E-state index in [1.807, 2.05) is 0 Å². The number of nitrogens with one attached hydrogen (secondary N) is 1. The Hall–Kier alpha value is -3.30. The molecule has 0 aromatic heterocycles. The Morgan fingerprint density at radius 1 is 1.14 bits per heavy atom. The molecule has 2 N–H and O–H groups in total. The van der Waals surface area contributed by atoms with Crippen molar-refractivity contribution in [1.82, 2.24) is 0 Å². The maximum Gasteiger partial charge on any atom is 0.269 e. The number of aliphatic hydroxyl groups excluding tert-OH is 1. The third-order valence-electron chi connectivity index (χ3n) is 4.47. The quantitative estimate of drug-likeness (QED) is 0.448. The summed E-state index contributed by atoms with van der Waals surface area (Å²) in [5.41, 5.74) is 1.29. The van der Waals surface area contributed by atoms with E-state index in [2.05, 4.69) is 5.32 Å². The minimum Gasteiger partial charge on any atom is -0.510 e. The first kappa shape index (κ1) is 19.5. The fourth-order valence-corrected chi connectivity index (χ4v) is 2.78. The number of hydrogen-bond donors (Lipinski definition) is 2. The molecule has 0 aliphatic heterocycles. The zero-order valence-corrected chi connectivity index (χ0v) is 15.9. The molecule has 0 radical (unpaired) electrons. The third-order valence-corrected chi connectivity index (χ3v) is 4.72. The van der Waals surface area contributed by atoms with Crippen LogP contribution in [0.25, 0.3) is 0 Å². The summed E-state index contributed by atoms with van der Waals surface area (Å²) in [7, 11) is 1.66. The van der Waals surface area contributed by atoms with Crippen LogP contribution in [0.15, 0.2) is 59.9 Å². The summed E-state index contributed by atoms with van der Waals surface area (Å²) in [4.78, 5) is 26.3. The highest BCUT2D eigenvalue weighted by Crippen LogP contribution is 2.36. The van der Waals surface area contributed by atoms with E-state index in [4.69, 9.17) is 16.9 Å². The summed E-state index contributed by atoms with van der Waals surface area (Å²) in [6, 6.07) is 15.0. The van der Waals surface area contributed by atoms with E-state index in [1.165, 1.54) is 4.90 Å². The number of aliphatic hydroxyl groups is 1. The van der Waals surface area contributed by atoms with Gasteiger partial charge in [-0.3, -0.25) is 9.59 Å². The minimum absolute atomic E-state index is 0.0937. The van der Waals surface area contributed by atoms with Crippen LogP contribution in [0.2, 0.25) is 5.02 Å². The lowest BCUT2D eigenvalue weighted by molar-refractivity contribution is -0.112. The highest BCUT2D eigenvalue weighted by molar-refractivity contribution is 6.30. The van der Waals surface area contributed by atoms with Crippen molar-refractivity contribution in [3.05, 3.63) is 70.4 Å². The number of allylic oxidation sites excluding steroid dienone is 1. The van der Waals surface area contributed by atoms with E-state index in [0.717, 1.165) is 12.8 Å². The van der Waals surface area contributed by atoms with Crippen LogP contribution in [0.5, 0.6) is 0 Å². The van der Waals surface area contributed by atoms with Gasteiger partial charge in [0.25, 0.3) is 11.8 Å². The van der Waals surface area contributed by atoms with Crippen molar-refractivity contribution in [2.75, 3.05) is 17.3 Å². The smallest absolute Gasteiger partial charge is 0.269 e. The number of amides is 2. The van der Waals surface area contributed by atoms with Gasteiger partial charge in [0.05, 0.1) is 0 Å². The summed E-state index contributed by atoms with van der Waals surface area (Å²) in [5.74, 6) is -1.13. The standard InChI is InChI=1S/C21H18ClN3O3/c1-25(17-10-6-15(22)7-11-17)21(28)14-4-8-16(9-5-14)24-20(27)18(12-23)19(26)13-2-3-13/h4-11,13,26H,2-3H2,1H3,(H,24,27)/b19-18-. The number of nitrogens with zero attached hydrogens (tertiary/aromatic N) is 2. The van der Waals surface area contributed by atoms with Crippen LogP contribution in [0.1, 0.15) is 23.2 Å². The Balaban J connectivity index is 1.70. The van der Waals surface area contributed by atoms with Gasteiger partial charge in [0, 0.05) is 34.9 Å². The molecule has 0 spiro atoms. The average Bonchev–Trinajstić information content (AvgIpc) is 3.54. The van der Waals surface area contributed by atoms with Gasteiger partial charge in [0.2, 0.25) is 0 Å². The predicted molar refractivity (Wildman–Crippen MR) is 107 cm³/mol. The van der Waals surface area contributed by atoms with Crippen molar-refractivity contribution in [3.8, 4) is 6.07 Å². The molecule has 0 bridgehead atoms.